The fourth-order valence-corrected chi connectivity index (χ4v) is 1.20. The third kappa shape index (κ3) is 4.63. The van der Waals surface area contributed by atoms with Gasteiger partial charge in [0, 0.05) is 3.57 Å². The van der Waals surface area contributed by atoms with Crippen LogP contribution in [0.25, 0.3) is 0 Å². The Balaban J connectivity index is 2.44. The van der Waals surface area contributed by atoms with Gasteiger partial charge in [0.2, 0.25) is 0 Å². The maximum absolute atomic E-state index is 11.2. The third-order valence-corrected chi connectivity index (χ3v) is 2.19. The van der Waals surface area contributed by atoms with E-state index < -0.39 is 5.97 Å². The molecule has 0 radical (unpaired) electrons. The molecular formula is C9H10IN3O2. The Hall–Kier alpha value is -1.31. The van der Waals surface area contributed by atoms with Gasteiger partial charge in [0.15, 0.2) is 5.96 Å². The number of guanidine groups is 1. The average molecular weight is 319 g/mol. The summed E-state index contributed by atoms with van der Waals surface area (Å²) >= 11 is 2.16. The predicted octanol–water partition coefficient (Wildman–Crippen LogP) is 0.680. The van der Waals surface area contributed by atoms with Crippen molar-refractivity contribution in [1.29, 1.82) is 5.41 Å². The lowest BCUT2D eigenvalue weighted by Crippen LogP contribution is -2.36. The highest BCUT2D eigenvalue weighted by molar-refractivity contribution is 14.1. The Labute approximate surface area is 101 Å². The van der Waals surface area contributed by atoms with Gasteiger partial charge in [0.1, 0.15) is 12.3 Å². The maximum atomic E-state index is 11.2. The van der Waals surface area contributed by atoms with Crippen molar-refractivity contribution < 1.29 is 9.53 Å². The molecule has 0 atom stereocenters. The smallest absolute Gasteiger partial charge is 0.330 e. The first-order valence-corrected chi connectivity index (χ1v) is 5.20. The molecule has 0 aliphatic carbocycles. The zero-order valence-corrected chi connectivity index (χ0v) is 9.95. The van der Waals surface area contributed by atoms with E-state index in [1.54, 1.807) is 12.1 Å². The summed E-state index contributed by atoms with van der Waals surface area (Å²) in [6, 6.07) is 7.07. The molecule has 15 heavy (non-hydrogen) atoms. The summed E-state index contributed by atoms with van der Waals surface area (Å²) < 4.78 is 6.03. The molecule has 0 bridgehead atoms. The van der Waals surface area contributed by atoms with Gasteiger partial charge < -0.3 is 15.8 Å². The number of carbonyl (C=O) groups excluding carboxylic acids is 1. The quantitative estimate of drug-likeness (QED) is 0.251. The van der Waals surface area contributed by atoms with Crippen molar-refractivity contribution in [3.05, 3.63) is 27.8 Å². The fraction of sp³-hybridized carbons (Fsp3) is 0.111. The maximum Gasteiger partial charge on any atom is 0.330 e. The number of carbonyl (C=O) groups is 1. The molecule has 80 valence electrons. The van der Waals surface area contributed by atoms with Crippen LogP contribution in [0.2, 0.25) is 0 Å². The molecule has 1 rings (SSSR count). The second kappa shape index (κ2) is 5.54. The third-order valence-electron chi connectivity index (χ3n) is 1.47. The van der Waals surface area contributed by atoms with Crippen LogP contribution in [0, 0.1) is 8.98 Å². The molecule has 0 aliphatic heterocycles. The van der Waals surface area contributed by atoms with Crippen LogP contribution >= 0.6 is 22.6 Å². The van der Waals surface area contributed by atoms with Crippen molar-refractivity contribution in [3.8, 4) is 5.75 Å². The van der Waals surface area contributed by atoms with Crippen LogP contribution in [0.3, 0.4) is 0 Å². The SMILES string of the molecule is N=C(N)NCC(=O)Oc1ccc(I)cc1. The molecule has 0 fully saturated rings. The topological polar surface area (TPSA) is 88.2 Å². The number of halogens is 1. The molecule has 0 aliphatic rings. The molecule has 5 nitrogen and oxygen atoms in total. The molecule has 0 saturated carbocycles. The summed E-state index contributed by atoms with van der Waals surface area (Å²) in [6.45, 7) is -0.110. The highest BCUT2D eigenvalue weighted by Gasteiger charge is 2.04. The van der Waals surface area contributed by atoms with E-state index in [4.69, 9.17) is 15.9 Å². The highest BCUT2D eigenvalue weighted by Crippen LogP contribution is 2.13. The molecule has 0 heterocycles. The molecule has 0 aromatic heterocycles. The highest BCUT2D eigenvalue weighted by atomic mass is 127. The first-order valence-electron chi connectivity index (χ1n) is 4.12. The molecule has 1 aromatic rings. The van der Waals surface area contributed by atoms with E-state index in [0.717, 1.165) is 3.57 Å². The van der Waals surface area contributed by atoms with Crippen molar-refractivity contribution in [1.82, 2.24) is 5.32 Å². The van der Waals surface area contributed by atoms with Crippen LogP contribution in [-0.4, -0.2) is 18.5 Å². The molecule has 0 spiro atoms. The van der Waals surface area contributed by atoms with Gasteiger partial charge in [-0.2, -0.15) is 0 Å². The Morgan fingerprint density at radius 3 is 2.60 bits per heavy atom. The summed E-state index contributed by atoms with van der Waals surface area (Å²) in [6.07, 6.45) is 0. The second-order valence-corrected chi connectivity index (χ2v) is 3.94. The number of benzene rings is 1. The number of nitrogens with two attached hydrogens (primary N) is 1. The minimum Gasteiger partial charge on any atom is -0.425 e. The Kier molecular flexibility index (Phi) is 4.35. The van der Waals surface area contributed by atoms with E-state index in [0.29, 0.717) is 5.75 Å². The number of hydrogen-bond acceptors (Lipinski definition) is 3. The van der Waals surface area contributed by atoms with Crippen LogP contribution < -0.4 is 15.8 Å². The number of hydrogen-bond donors (Lipinski definition) is 3. The summed E-state index contributed by atoms with van der Waals surface area (Å²) in [7, 11) is 0. The minimum absolute atomic E-state index is 0.110. The zero-order chi connectivity index (χ0) is 11.3. The van der Waals surface area contributed by atoms with Crippen LogP contribution in [0.5, 0.6) is 5.75 Å². The molecule has 0 unspecified atom stereocenters. The predicted molar refractivity (Wildman–Crippen MR) is 64.7 cm³/mol. The van der Waals surface area contributed by atoms with E-state index in [-0.39, 0.29) is 12.5 Å². The molecule has 1 aromatic carbocycles. The van der Waals surface area contributed by atoms with Gasteiger partial charge in [-0.1, -0.05) is 0 Å². The largest absolute Gasteiger partial charge is 0.425 e. The zero-order valence-electron chi connectivity index (χ0n) is 7.79. The summed E-state index contributed by atoms with van der Waals surface area (Å²) in [5.74, 6) is -0.258. The van der Waals surface area contributed by atoms with E-state index in [1.165, 1.54) is 0 Å². The number of esters is 1. The van der Waals surface area contributed by atoms with E-state index in [2.05, 4.69) is 27.9 Å². The summed E-state index contributed by atoms with van der Waals surface area (Å²) in [4.78, 5) is 11.2. The second-order valence-electron chi connectivity index (χ2n) is 2.70. The summed E-state index contributed by atoms with van der Waals surface area (Å²) in [5.41, 5.74) is 5.02. The van der Waals surface area contributed by atoms with Crippen LogP contribution in [-0.2, 0) is 4.79 Å². The van der Waals surface area contributed by atoms with Crippen molar-refractivity contribution in [2.45, 2.75) is 0 Å². The molecule has 4 N–H and O–H groups in total. The van der Waals surface area contributed by atoms with Gasteiger partial charge in [0.25, 0.3) is 0 Å². The molecule has 0 amide bonds. The number of nitrogens with one attached hydrogen (secondary N) is 2. The van der Waals surface area contributed by atoms with Gasteiger partial charge in [-0.15, -0.1) is 0 Å². The van der Waals surface area contributed by atoms with Gasteiger partial charge in [-0.05, 0) is 46.9 Å². The van der Waals surface area contributed by atoms with Gasteiger partial charge in [0.05, 0.1) is 0 Å². The minimum atomic E-state index is -0.480. The lowest BCUT2D eigenvalue weighted by molar-refractivity contribution is -0.133. The monoisotopic (exact) mass is 319 g/mol. The molecule has 0 saturated heterocycles. The van der Waals surface area contributed by atoms with Crippen molar-refractivity contribution in [2.75, 3.05) is 6.54 Å². The van der Waals surface area contributed by atoms with Gasteiger partial charge in [-0.3, -0.25) is 5.41 Å². The standard InChI is InChI=1S/C9H10IN3O2/c10-6-1-3-7(4-2-6)15-8(14)5-13-9(11)12/h1-4H,5H2,(H4,11,12,13). The molecule has 6 heteroatoms. The number of rotatable bonds is 3. The normalized spacial score (nSPS) is 9.40. The lowest BCUT2D eigenvalue weighted by atomic mass is 10.3. The van der Waals surface area contributed by atoms with Crippen LogP contribution in [0.15, 0.2) is 24.3 Å². The van der Waals surface area contributed by atoms with Crippen molar-refractivity contribution in [3.63, 3.8) is 0 Å². The van der Waals surface area contributed by atoms with E-state index >= 15 is 0 Å². The average Bonchev–Trinajstić information content (AvgIpc) is 2.19. The number of ether oxygens (including phenoxy) is 1. The lowest BCUT2D eigenvalue weighted by Gasteiger charge is -2.05. The molecular weight excluding hydrogens is 309 g/mol. The van der Waals surface area contributed by atoms with Crippen LogP contribution in [0.1, 0.15) is 0 Å². The summed E-state index contributed by atoms with van der Waals surface area (Å²) in [5, 5.41) is 9.22. The van der Waals surface area contributed by atoms with Gasteiger partial charge >= 0.3 is 5.97 Å². The first-order chi connectivity index (χ1) is 7.08. The van der Waals surface area contributed by atoms with E-state index in [1.807, 2.05) is 12.1 Å². The van der Waals surface area contributed by atoms with Gasteiger partial charge in [-0.25, -0.2) is 4.79 Å². The Morgan fingerprint density at radius 2 is 2.07 bits per heavy atom. The Morgan fingerprint density at radius 1 is 1.47 bits per heavy atom. The first kappa shape index (κ1) is 11.8. The van der Waals surface area contributed by atoms with Crippen molar-refractivity contribution >= 4 is 34.5 Å². The van der Waals surface area contributed by atoms with E-state index in [9.17, 15) is 4.79 Å². The Bertz CT molecular complexity index is 364. The van der Waals surface area contributed by atoms with Crippen LogP contribution in [0.4, 0.5) is 0 Å². The fourth-order valence-electron chi connectivity index (χ4n) is 0.838. The van der Waals surface area contributed by atoms with Crippen molar-refractivity contribution in [2.24, 2.45) is 5.73 Å².